The first-order chi connectivity index (χ1) is 5.31. The maximum atomic E-state index is 10.8. The minimum atomic E-state index is -0.0930. The van der Waals surface area contributed by atoms with Gasteiger partial charge in [0, 0.05) is 13.1 Å². The van der Waals surface area contributed by atoms with Crippen molar-refractivity contribution in [2.75, 3.05) is 19.6 Å². The van der Waals surface area contributed by atoms with Crippen LogP contribution in [0, 0.1) is 0 Å². The Kier molecular flexibility index (Phi) is 12.3. The highest BCUT2D eigenvalue weighted by Crippen LogP contribution is 1.81. The Bertz CT molecular complexity index is 111. The Morgan fingerprint density at radius 2 is 2.00 bits per heavy atom. The summed E-state index contributed by atoms with van der Waals surface area (Å²) in [5, 5.41) is 5.35. The molecule has 5 heteroatoms. The maximum absolute atomic E-state index is 10.8. The smallest absolute Gasteiger partial charge is 0.314 e. The zero-order chi connectivity index (χ0) is 8.53. The Morgan fingerprint density at radius 3 is 2.50 bits per heavy atom. The number of hydrogen-bond donors (Lipinski definition) is 3. The van der Waals surface area contributed by atoms with Gasteiger partial charge in [0.05, 0.1) is 0 Å². The number of nitrogens with one attached hydrogen (secondary N) is 2. The molecule has 0 atom stereocenters. The van der Waals surface area contributed by atoms with Crippen LogP contribution < -0.4 is 16.4 Å². The fourth-order valence-electron chi connectivity index (χ4n) is 0.694. The van der Waals surface area contributed by atoms with E-state index in [9.17, 15) is 4.79 Å². The van der Waals surface area contributed by atoms with E-state index in [1.54, 1.807) is 0 Å². The van der Waals surface area contributed by atoms with Crippen molar-refractivity contribution < 1.29 is 4.79 Å². The molecular weight excluding hydrogens is 178 g/mol. The molecule has 12 heavy (non-hydrogen) atoms. The minimum absolute atomic E-state index is 0. The highest BCUT2D eigenvalue weighted by Gasteiger charge is 1.94. The lowest BCUT2D eigenvalue weighted by Crippen LogP contribution is -2.35. The van der Waals surface area contributed by atoms with Gasteiger partial charge >= 0.3 is 6.03 Å². The normalized spacial score (nSPS) is 8.50. The van der Waals surface area contributed by atoms with Crippen molar-refractivity contribution in [1.29, 1.82) is 0 Å². The molecular formula is C7H18ClN3O. The molecule has 4 nitrogen and oxygen atoms in total. The molecule has 0 aliphatic rings. The predicted octanol–water partition coefficient (Wildman–Crippen LogP) is 0.466. The number of rotatable bonds is 5. The summed E-state index contributed by atoms with van der Waals surface area (Å²) in [5.41, 5.74) is 5.28. The summed E-state index contributed by atoms with van der Waals surface area (Å²) in [6, 6.07) is -0.0930. The van der Waals surface area contributed by atoms with Crippen molar-refractivity contribution in [1.82, 2.24) is 10.6 Å². The average Bonchev–Trinajstić information content (AvgIpc) is 1.99. The second-order valence-corrected chi connectivity index (χ2v) is 2.28. The first-order valence-corrected chi connectivity index (χ1v) is 4.03. The van der Waals surface area contributed by atoms with Gasteiger partial charge in [-0.05, 0) is 26.3 Å². The summed E-state index contributed by atoms with van der Waals surface area (Å²) in [6.07, 6.45) is 1.92. The number of urea groups is 1. The molecule has 0 aromatic rings. The standard InChI is InChI=1S/C7H17N3O.ClH/c1-2-9-7(11)10-6-4-3-5-8;/h2-6,8H2,1H3,(H2,9,10,11);1H. The molecule has 0 aromatic heterocycles. The Labute approximate surface area is 79.7 Å². The van der Waals surface area contributed by atoms with Gasteiger partial charge in [0.15, 0.2) is 0 Å². The van der Waals surface area contributed by atoms with E-state index in [1.807, 2.05) is 6.92 Å². The van der Waals surface area contributed by atoms with Gasteiger partial charge in [-0.3, -0.25) is 0 Å². The highest BCUT2D eigenvalue weighted by atomic mass is 35.5. The molecule has 4 N–H and O–H groups in total. The van der Waals surface area contributed by atoms with Crippen LogP contribution in [-0.4, -0.2) is 25.7 Å². The SMILES string of the molecule is CCNC(=O)NCCCCN.Cl. The Hall–Kier alpha value is -0.480. The lowest BCUT2D eigenvalue weighted by Gasteiger charge is -2.03. The second kappa shape index (κ2) is 10.5. The maximum Gasteiger partial charge on any atom is 0.314 e. The van der Waals surface area contributed by atoms with E-state index in [4.69, 9.17) is 5.73 Å². The van der Waals surface area contributed by atoms with Gasteiger partial charge in [0.2, 0.25) is 0 Å². The van der Waals surface area contributed by atoms with Crippen molar-refractivity contribution in [3.63, 3.8) is 0 Å². The van der Waals surface area contributed by atoms with Gasteiger partial charge in [0.1, 0.15) is 0 Å². The number of carbonyl (C=O) groups is 1. The van der Waals surface area contributed by atoms with Gasteiger partial charge in [-0.2, -0.15) is 0 Å². The van der Waals surface area contributed by atoms with Gasteiger partial charge in [-0.25, -0.2) is 4.79 Å². The topological polar surface area (TPSA) is 67.2 Å². The van der Waals surface area contributed by atoms with E-state index in [0.717, 1.165) is 12.8 Å². The fraction of sp³-hybridized carbons (Fsp3) is 0.857. The molecule has 2 amide bonds. The lowest BCUT2D eigenvalue weighted by molar-refractivity contribution is 0.241. The van der Waals surface area contributed by atoms with Crippen LogP contribution in [0.5, 0.6) is 0 Å². The molecule has 0 heterocycles. The van der Waals surface area contributed by atoms with Gasteiger partial charge < -0.3 is 16.4 Å². The van der Waals surface area contributed by atoms with Crippen LogP contribution in [0.1, 0.15) is 19.8 Å². The van der Waals surface area contributed by atoms with E-state index in [-0.39, 0.29) is 18.4 Å². The van der Waals surface area contributed by atoms with Crippen molar-refractivity contribution in [2.45, 2.75) is 19.8 Å². The van der Waals surface area contributed by atoms with E-state index < -0.39 is 0 Å². The van der Waals surface area contributed by atoms with Crippen LogP contribution in [0.4, 0.5) is 4.79 Å². The number of hydrogen-bond acceptors (Lipinski definition) is 2. The van der Waals surface area contributed by atoms with Gasteiger partial charge in [-0.15, -0.1) is 12.4 Å². The molecule has 0 aromatic carbocycles. The van der Waals surface area contributed by atoms with Crippen LogP contribution in [0.25, 0.3) is 0 Å². The fourth-order valence-corrected chi connectivity index (χ4v) is 0.694. The zero-order valence-corrected chi connectivity index (χ0v) is 8.25. The van der Waals surface area contributed by atoms with Crippen molar-refractivity contribution >= 4 is 18.4 Å². The van der Waals surface area contributed by atoms with Crippen LogP contribution >= 0.6 is 12.4 Å². The lowest BCUT2D eigenvalue weighted by atomic mass is 10.3. The first-order valence-electron chi connectivity index (χ1n) is 4.03. The van der Waals surface area contributed by atoms with Crippen molar-refractivity contribution in [3.05, 3.63) is 0 Å². The molecule has 0 aliphatic heterocycles. The Balaban J connectivity index is 0. The second-order valence-electron chi connectivity index (χ2n) is 2.28. The van der Waals surface area contributed by atoms with E-state index in [2.05, 4.69) is 10.6 Å². The number of nitrogens with two attached hydrogens (primary N) is 1. The summed E-state index contributed by atoms with van der Waals surface area (Å²) in [7, 11) is 0. The average molecular weight is 196 g/mol. The first kappa shape index (κ1) is 14.1. The summed E-state index contributed by atoms with van der Waals surface area (Å²) in [4.78, 5) is 10.8. The molecule has 0 aliphatic carbocycles. The monoisotopic (exact) mass is 195 g/mol. The predicted molar refractivity (Wildman–Crippen MR) is 52.6 cm³/mol. The number of carbonyl (C=O) groups excluding carboxylic acids is 1. The van der Waals surface area contributed by atoms with E-state index in [0.29, 0.717) is 19.6 Å². The van der Waals surface area contributed by atoms with E-state index in [1.165, 1.54) is 0 Å². The molecule has 0 fully saturated rings. The molecule has 0 rings (SSSR count). The van der Waals surface area contributed by atoms with E-state index >= 15 is 0 Å². The molecule has 0 radical (unpaired) electrons. The Morgan fingerprint density at radius 1 is 1.33 bits per heavy atom. The molecule has 0 spiro atoms. The van der Waals surface area contributed by atoms with Crippen LogP contribution in [0.15, 0.2) is 0 Å². The molecule has 0 unspecified atom stereocenters. The molecule has 0 bridgehead atoms. The third-order valence-corrected chi connectivity index (χ3v) is 1.25. The largest absolute Gasteiger partial charge is 0.338 e. The molecule has 0 saturated carbocycles. The zero-order valence-electron chi connectivity index (χ0n) is 7.43. The van der Waals surface area contributed by atoms with Crippen molar-refractivity contribution in [2.24, 2.45) is 5.73 Å². The number of amides is 2. The van der Waals surface area contributed by atoms with Crippen LogP contribution in [-0.2, 0) is 0 Å². The quantitative estimate of drug-likeness (QED) is 0.559. The van der Waals surface area contributed by atoms with Gasteiger partial charge in [0.25, 0.3) is 0 Å². The number of halogens is 1. The highest BCUT2D eigenvalue weighted by molar-refractivity contribution is 5.85. The van der Waals surface area contributed by atoms with Gasteiger partial charge in [-0.1, -0.05) is 0 Å². The molecule has 0 saturated heterocycles. The summed E-state index contributed by atoms with van der Waals surface area (Å²) >= 11 is 0. The van der Waals surface area contributed by atoms with Crippen LogP contribution in [0.2, 0.25) is 0 Å². The summed E-state index contributed by atoms with van der Waals surface area (Å²) in [6.45, 7) is 3.96. The molecule has 74 valence electrons. The summed E-state index contributed by atoms with van der Waals surface area (Å²) in [5.74, 6) is 0. The third-order valence-electron chi connectivity index (χ3n) is 1.25. The van der Waals surface area contributed by atoms with Crippen LogP contribution in [0.3, 0.4) is 0 Å². The van der Waals surface area contributed by atoms with Crippen molar-refractivity contribution in [3.8, 4) is 0 Å². The summed E-state index contributed by atoms with van der Waals surface area (Å²) < 4.78 is 0. The minimum Gasteiger partial charge on any atom is -0.338 e. The number of unbranched alkanes of at least 4 members (excludes halogenated alkanes) is 1. The third kappa shape index (κ3) is 9.52.